The van der Waals surface area contributed by atoms with Crippen LogP contribution in [-0.4, -0.2) is 18.2 Å². The molecule has 1 unspecified atom stereocenters. The second-order valence-electron chi connectivity index (χ2n) is 7.69. The summed E-state index contributed by atoms with van der Waals surface area (Å²) in [6.07, 6.45) is 2.45. The Hall–Kier alpha value is -2.14. The third-order valence-electron chi connectivity index (χ3n) is 4.61. The SMILES string of the molecule is CC(=O)OC1=CC([C@]2(c3ccccc3)O[C@@H](C(C)(C)C)OC2=O)CC1. The van der Waals surface area contributed by atoms with E-state index in [0.29, 0.717) is 18.6 Å². The number of rotatable bonds is 3. The molecule has 1 aromatic rings. The molecule has 5 heteroatoms. The van der Waals surface area contributed by atoms with Gasteiger partial charge in [0.05, 0.1) is 0 Å². The van der Waals surface area contributed by atoms with Gasteiger partial charge in [0.15, 0.2) is 0 Å². The first-order chi connectivity index (χ1) is 11.7. The van der Waals surface area contributed by atoms with Crippen LogP contribution >= 0.6 is 0 Å². The highest BCUT2D eigenvalue weighted by Crippen LogP contribution is 2.49. The van der Waals surface area contributed by atoms with Crippen molar-refractivity contribution in [1.29, 1.82) is 0 Å². The number of ether oxygens (including phenoxy) is 3. The van der Waals surface area contributed by atoms with Gasteiger partial charge >= 0.3 is 11.9 Å². The molecule has 1 aliphatic heterocycles. The standard InChI is InChI=1S/C20H24O5/c1-13(21)23-16-11-10-15(12-16)20(14-8-6-5-7-9-14)17(22)24-18(25-20)19(2,3)4/h5-9,12,15,18H,10-11H2,1-4H3/t15?,18-,20-/m0/s1. The molecule has 0 bridgehead atoms. The lowest BCUT2D eigenvalue weighted by molar-refractivity contribution is -0.159. The fraction of sp³-hybridized carbons (Fsp3) is 0.500. The number of benzene rings is 1. The number of hydrogen-bond acceptors (Lipinski definition) is 5. The van der Waals surface area contributed by atoms with Gasteiger partial charge in [0.1, 0.15) is 5.76 Å². The summed E-state index contributed by atoms with van der Waals surface area (Å²) in [5, 5.41) is 0. The molecule has 0 radical (unpaired) electrons. The van der Waals surface area contributed by atoms with Crippen LogP contribution in [0.1, 0.15) is 46.1 Å². The lowest BCUT2D eigenvalue weighted by atomic mass is 9.80. The molecule has 1 fully saturated rings. The summed E-state index contributed by atoms with van der Waals surface area (Å²) in [4.78, 5) is 24.2. The number of carbonyl (C=O) groups excluding carboxylic acids is 2. The molecule has 0 spiro atoms. The van der Waals surface area contributed by atoms with E-state index >= 15 is 0 Å². The second-order valence-corrected chi connectivity index (χ2v) is 7.69. The van der Waals surface area contributed by atoms with Gasteiger partial charge in [0.2, 0.25) is 11.9 Å². The Bertz CT molecular complexity index is 701. The van der Waals surface area contributed by atoms with Crippen molar-refractivity contribution in [2.24, 2.45) is 11.3 Å². The van der Waals surface area contributed by atoms with Gasteiger partial charge in [-0.05, 0) is 18.1 Å². The molecule has 25 heavy (non-hydrogen) atoms. The van der Waals surface area contributed by atoms with E-state index in [2.05, 4.69) is 0 Å². The number of cyclic esters (lactones) is 1. The minimum absolute atomic E-state index is 0.246. The molecule has 1 aromatic carbocycles. The first-order valence-corrected chi connectivity index (χ1v) is 8.57. The smallest absolute Gasteiger partial charge is 0.346 e. The summed E-state index contributed by atoms with van der Waals surface area (Å²) in [5.41, 5.74) is -0.786. The third kappa shape index (κ3) is 3.21. The van der Waals surface area contributed by atoms with Crippen molar-refractivity contribution in [2.45, 2.75) is 52.4 Å². The quantitative estimate of drug-likeness (QED) is 0.783. The Kier molecular flexibility index (Phi) is 4.45. The van der Waals surface area contributed by atoms with Gasteiger partial charge in [-0.1, -0.05) is 51.1 Å². The number of allylic oxidation sites excluding steroid dienone is 1. The molecule has 3 atom stereocenters. The van der Waals surface area contributed by atoms with Gasteiger partial charge in [0, 0.05) is 24.7 Å². The lowest BCUT2D eigenvalue weighted by Gasteiger charge is -2.32. The molecule has 5 nitrogen and oxygen atoms in total. The van der Waals surface area contributed by atoms with Gasteiger partial charge in [-0.3, -0.25) is 4.79 Å². The highest BCUT2D eigenvalue weighted by molar-refractivity contribution is 5.84. The van der Waals surface area contributed by atoms with Crippen LogP contribution in [0.2, 0.25) is 0 Å². The van der Waals surface area contributed by atoms with Crippen LogP contribution in [0.25, 0.3) is 0 Å². The van der Waals surface area contributed by atoms with Gasteiger partial charge in [0.25, 0.3) is 0 Å². The van der Waals surface area contributed by atoms with Crippen molar-refractivity contribution in [3.8, 4) is 0 Å². The molecular weight excluding hydrogens is 320 g/mol. The van der Waals surface area contributed by atoms with Crippen molar-refractivity contribution >= 4 is 11.9 Å². The number of hydrogen-bond donors (Lipinski definition) is 0. The van der Waals surface area contributed by atoms with E-state index in [1.165, 1.54) is 6.92 Å². The minimum atomic E-state index is -1.21. The Labute approximate surface area is 148 Å². The van der Waals surface area contributed by atoms with E-state index in [4.69, 9.17) is 14.2 Å². The average molecular weight is 344 g/mol. The van der Waals surface area contributed by atoms with E-state index in [9.17, 15) is 9.59 Å². The van der Waals surface area contributed by atoms with E-state index in [0.717, 1.165) is 5.56 Å². The van der Waals surface area contributed by atoms with Crippen LogP contribution in [0, 0.1) is 11.3 Å². The molecule has 2 aliphatic rings. The average Bonchev–Trinajstić information content (AvgIpc) is 3.12. The Morgan fingerprint density at radius 1 is 1.24 bits per heavy atom. The van der Waals surface area contributed by atoms with Crippen LogP contribution in [0.5, 0.6) is 0 Å². The van der Waals surface area contributed by atoms with Gasteiger partial charge < -0.3 is 14.2 Å². The highest BCUT2D eigenvalue weighted by Gasteiger charge is 2.59. The Morgan fingerprint density at radius 3 is 2.48 bits per heavy atom. The van der Waals surface area contributed by atoms with Crippen molar-refractivity contribution in [3.63, 3.8) is 0 Å². The minimum Gasteiger partial charge on any atom is -0.433 e. The molecule has 0 saturated carbocycles. The zero-order valence-electron chi connectivity index (χ0n) is 15.1. The summed E-state index contributed by atoms with van der Waals surface area (Å²) in [6.45, 7) is 7.29. The molecule has 0 amide bonds. The largest absolute Gasteiger partial charge is 0.433 e. The topological polar surface area (TPSA) is 61.8 Å². The summed E-state index contributed by atoms with van der Waals surface area (Å²) in [6, 6.07) is 9.41. The molecular formula is C20H24O5. The van der Waals surface area contributed by atoms with Crippen molar-refractivity contribution in [3.05, 3.63) is 47.7 Å². The van der Waals surface area contributed by atoms with Crippen LogP contribution in [-0.2, 0) is 29.4 Å². The monoisotopic (exact) mass is 344 g/mol. The maximum atomic E-state index is 13.0. The Morgan fingerprint density at radius 2 is 1.92 bits per heavy atom. The molecule has 3 rings (SSSR count). The first-order valence-electron chi connectivity index (χ1n) is 8.57. The fourth-order valence-electron chi connectivity index (χ4n) is 3.38. The number of esters is 2. The molecule has 1 heterocycles. The lowest BCUT2D eigenvalue weighted by Crippen LogP contribution is -2.41. The van der Waals surface area contributed by atoms with E-state index < -0.39 is 11.9 Å². The molecule has 1 aliphatic carbocycles. The van der Waals surface area contributed by atoms with Crippen molar-refractivity contribution < 1.29 is 23.8 Å². The molecule has 0 N–H and O–H groups in total. The molecule has 1 saturated heterocycles. The summed E-state index contributed by atoms with van der Waals surface area (Å²) in [5.74, 6) is -0.403. The zero-order chi connectivity index (χ0) is 18.2. The summed E-state index contributed by atoms with van der Waals surface area (Å²) < 4.78 is 17.1. The van der Waals surface area contributed by atoms with Crippen molar-refractivity contribution in [2.75, 3.05) is 0 Å². The molecule has 134 valence electrons. The van der Waals surface area contributed by atoms with E-state index in [1.54, 1.807) is 0 Å². The van der Waals surface area contributed by atoms with Crippen LogP contribution in [0.15, 0.2) is 42.2 Å². The Balaban J connectivity index is 2.02. The predicted octanol–water partition coefficient (Wildman–Crippen LogP) is 3.68. The van der Waals surface area contributed by atoms with Crippen LogP contribution < -0.4 is 0 Å². The number of carbonyl (C=O) groups is 2. The van der Waals surface area contributed by atoms with E-state index in [1.807, 2.05) is 57.2 Å². The molecule has 0 aromatic heterocycles. The van der Waals surface area contributed by atoms with Gasteiger partial charge in [-0.15, -0.1) is 0 Å². The summed E-state index contributed by atoms with van der Waals surface area (Å²) >= 11 is 0. The normalized spacial score (nSPS) is 29.3. The summed E-state index contributed by atoms with van der Waals surface area (Å²) in [7, 11) is 0. The highest BCUT2D eigenvalue weighted by atomic mass is 16.8. The van der Waals surface area contributed by atoms with Crippen molar-refractivity contribution in [1.82, 2.24) is 0 Å². The first kappa shape index (κ1) is 17.7. The van der Waals surface area contributed by atoms with Gasteiger partial charge in [-0.25, -0.2) is 4.79 Å². The maximum Gasteiger partial charge on any atom is 0.346 e. The third-order valence-corrected chi connectivity index (χ3v) is 4.61. The second kappa shape index (κ2) is 6.30. The van der Waals surface area contributed by atoms with Gasteiger partial charge in [-0.2, -0.15) is 0 Å². The van der Waals surface area contributed by atoms with E-state index in [-0.39, 0.29) is 23.3 Å². The fourth-order valence-corrected chi connectivity index (χ4v) is 3.38. The van der Waals surface area contributed by atoms with Crippen LogP contribution in [0.4, 0.5) is 0 Å². The maximum absolute atomic E-state index is 13.0. The zero-order valence-corrected chi connectivity index (χ0v) is 15.1. The van der Waals surface area contributed by atoms with Crippen LogP contribution in [0.3, 0.4) is 0 Å². The predicted molar refractivity (Wildman–Crippen MR) is 91.1 cm³/mol.